The molecule has 0 aromatic rings. The summed E-state index contributed by atoms with van der Waals surface area (Å²) in [5, 5.41) is 3.28. The third-order valence-electron chi connectivity index (χ3n) is 4.73. The van der Waals surface area contributed by atoms with E-state index in [1.807, 2.05) is 13.8 Å². The van der Waals surface area contributed by atoms with Gasteiger partial charge in [0.05, 0.1) is 25.5 Å². The molecule has 0 aromatic carbocycles. The predicted molar refractivity (Wildman–Crippen MR) is 74.1 cm³/mol. The molecule has 3 atom stereocenters. The van der Waals surface area contributed by atoms with Crippen LogP contribution in [0.2, 0.25) is 0 Å². The minimum Gasteiger partial charge on any atom is -0.468 e. The van der Waals surface area contributed by atoms with Crippen LogP contribution < -0.4 is 5.32 Å². The first-order valence-corrected chi connectivity index (χ1v) is 7.62. The summed E-state index contributed by atoms with van der Waals surface area (Å²) in [6.45, 7) is 4.00. The number of esters is 1. The van der Waals surface area contributed by atoms with Crippen LogP contribution in [-0.4, -0.2) is 47.9 Å². The van der Waals surface area contributed by atoms with E-state index in [1.54, 1.807) is 0 Å². The molecule has 0 bridgehead atoms. The topological polar surface area (TPSA) is 75.7 Å². The molecule has 116 valence electrons. The van der Waals surface area contributed by atoms with E-state index in [0.717, 1.165) is 12.8 Å². The number of likely N-dealkylation sites (tertiary alicyclic amines) is 1. The third-order valence-corrected chi connectivity index (χ3v) is 4.73. The number of ether oxygens (including phenoxy) is 1. The number of imide groups is 1. The van der Waals surface area contributed by atoms with Crippen LogP contribution in [0.5, 0.6) is 0 Å². The highest BCUT2D eigenvalue weighted by Crippen LogP contribution is 2.49. The van der Waals surface area contributed by atoms with Crippen LogP contribution in [0.15, 0.2) is 0 Å². The molecule has 1 N–H and O–H groups in total. The lowest BCUT2D eigenvalue weighted by atomic mass is 9.91. The Kier molecular flexibility index (Phi) is 3.31. The number of piperidine rings is 1. The molecule has 3 rings (SSSR count). The van der Waals surface area contributed by atoms with Gasteiger partial charge in [-0.1, -0.05) is 0 Å². The Morgan fingerprint density at radius 2 is 1.90 bits per heavy atom. The van der Waals surface area contributed by atoms with Crippen LogP contribution in [0.1, 0.15) is 33.1 Å². The molecule has 0 spiro atoms. The van der Waals surface area contributed by atoms with Gasteiger partial charge in [-0.3, -0.25) is 19.8 Å². The lowest BCUT2D eigenvalue weighted by molar-refractivity contribution is -0.154. The number of hydrogen-bond donors (Lipinski definition) is 1. The molecule has 3 aliphatic rings. The maximum atomic E-state index is 12.4. The van der Waals surface area contributed by atoms with Crippen molar-refractivity contribution in [2.45, 2.75) is 44.7 Å². The predicted octanol–water partition coefficient (Wildman–Crippen LogP) is 0.311. The van der Waals surface area contributed by atoms with Crippen molar-refractivity contribution in [3.8, 4) is 0 Å². The van der Waals surface area contributed by atoms with Gasteiger partial charge in [0, 0.05) is 6.04 Å². The van der Waals surface area contributed by atoms with Gasteiger partial charge >= 0.3 is 5.97 Å². The van der Waals surface area contributed by atoms with E-state index >= 15 is 0 Å². The Morgan fingerprint density at radius 3 is 2.33 bits per heavy atom. The van der Waals surface area contributed by atoms with Gasteiger partial charge in [-0.2, -0.15) is 0 Å². The van der Waals surface area contributed by atoms with Gasteiger partial charge in [0.2, 0.25) is 11.8 Å². The van der Waals surface area contributed by atoms with Crippen LogP contribution in [0.25, 0.3) is 0 Å². The number of nitrogens with one attached hydrogen (secondary N) is 1. The molecule has 0 aromatic heterocycles. The van der Waals surface area contributed by atoms with Crippen LogP contribution >= 0.6 is 0 Å². The number of fused-ring (bicyclic) bond motifs is 1. The molecule has 3 unspecified atom stereocenters. The molecular weight excluding hydrogens is 272 g/mol. The maximum Gasteiger partial charge on any atom is 0.328 e. The van der Waals surface area contributed by atoms with E-state index < -0.39 is 5.54 Å². The van der Waals surface area contributed by atoms with E-state index in [4.69, 9.17) is 4.74 Å². The molecule has 2 saturated carbocycles. The van der Waals surface area contributed by atoms with Gasteiger partial charge in [-0.25, -0.2) is 4.79 Å². The summed E-state index contributed by atoms with van der Waals surface area (Å²) in [4.78, 5) is 38.1. The Bertz CT molecular complexity index is 480. The van der Waals surface area contributed by atoms with Crippen molar-refractivity contribution in [1.82, 2.24) is 10.2 Å². The molecular formula is C15H22N2O4. The monoisotopic (exact) mass is 294 g/mol. The summed E-state index contributed by atoms with van der Waals surface area (Å²) in [5.41, 5.74) is -0.953. The Labute approximate surface area is 124 Å². The summed E-state index contributed by atoms with van der Waals surface area (Å²) >= 11 is 0. The van der Waals surface area contributed by atoms with Gasteiger partial charge < -0.3 is 4.74 Å². The number of hydrogen-bond acceptors (Lipinski definition) is 5. The average Bonchev–Trinajstić information content (AvgIpc) is 3.30. The first-order chi connectivity index (χ1) is 9.90. The quantitative estimate of drug-likeness (QED) is 0.564. The lowest BCUT2D eigenvalue weighted by Crippen LogP contribution is -2.63. The van der Waals surface area contributed by atoms with Crippen LogP contribution in [0.3, 0.4) is 0 Å². The van der Waals surface area contributed by atoms with E-state index in [0.29, 0.717) is 6.42 Å². The Balaban J connectivity index is 1.86. The zero-order chi connectivity index (χ0) is 15.4. The second-order valence-corrected chi connectivity index (χ2v) is 6.75. The summed E-state index contributed by atoms with van der Waals surface area (Å²) in [6.07, 6.45) is 2.51. The molecule has 6 nitrogen and oxygen atoms in total. The number of carbonyl (C=O) groups excluding carboxylic acids is 3. The normalized spacial score (nSPS) is 30.4. The lowest BCUT2D eigenvalue weighted by Gasteiger charge is -2.37. The molecule has 1 saturated heterocycles. The van der Waals surface area contributed by atoms with Crippen molar-refractivity contribution in [3.05, 3.63) is 0 Å². The molecule has 1 heterocycles. The summed E-state index contributed by atoms with van der Waals surface area (Å²) in [7, 11) is 1.35. The number of methoxy groups -OCH3 is 1. The van der Waals surface area contributed by atoms with E-state index in [-0.39, 0.29) is 48.1 Å². The summed E-state index contributed by atoms with van der Waals surface area (Å²) in [6, 6.07) is 0.0621. The Morgan fingerprint density at radius 1 is 1.33 bits per heavy atom. The summed E-state index contributed by atoms with van der Waals surface area (Å²) < 4.78 is 4.99. The third kappa shape index (κ3) is 2.25. The molecule has 1 aliphatic heterocycles. The molecule has 0 radical (unpaired) electrons. The second-order valence-electron chi connectivity index (χ2n) is 6.75. The first-order valence-electron chi connectivity index (χ1n) is 7.62. The van der Waals surface area contributed by atoms with Gasteiger partial charge in [-0.05, 0) is 39.0 Å². The average molecular weight is 294 g/mol. The molecule has 21 heavy (non-hydrogen) atoms. The fourth-order valence-corrected chi connectivity index (χ4v) is 3.51. The zero-order valence-electron chi connectivity index (χ0n) is 12.7. The van der Waals surface area contributed by atoms with E-state index in [2.05, 4.69) is 5.32 Å². The zero-order valence-corrected chi connectivity index (χ0v) is 12.7. The second kappa shape index (κ2) is 4.80. The highest BCUT2D eigenvalue weighted by atomic mass is 16.5. The SMILES string of the molecule is COC(=O)C(CN1C(=O)C2CC2C1=O)(NC(C)C)C1CC1. The van der Waals surface area contributed by atoms with Gasteiger partial charge in [0.25, 0.3) is 0 Å². The van der Waals surface area contributed by atoms with Crippen molar-refractivity contribution in [2.24, 2.45) is 17.8 Å². The largest absolute Gasteiger partial charge is 0.468 e. The van der Waals surface area contributed by atoms with Crippen molar-refractivity contribution < 1.29 is 19.1 Å². The molecule has 2 aliphatic carbocycles. The van der Waals surface area contributed by atoms with Crippen molar-refractivity contribution in [2.75, 3.05) is 13.7 Å². The van der Waals surface area contributed by atoms with Crippen molar-refractivity contribution in [1.29, 1.82) is 0 Å². The summed E-state index contributed by atoms with van der Waals surface area (Å²) in [5.74, 6) is -0.754. The Hall–Kier alpha value is -1.43. The smallest absolute Gasteiger partial charge is 0.328 e. The highest BCUT2D eigenvalue weighted by molar-refractivity contribution is 6.09. The van der Waals surface area contributed by atoms with Crippen molar-refractivity contribution in [3.63, 3.8) is 0 Å². The first kappa shape index (κ1) is 14.5. The standard InChI is InChI=1S/C15H22N2O4/c1-8(2)16-15(9-4-5-9,14(20)21-3)7-17-12(18)10-6-11(10)13(17)19/h8-11,16H,4-7H2,1-3H3. The van der Waals surface area contributed by atoms with Gasteiger partial charge in [0.1, 0.15) is 5.54 Å². The molecule has 2 amide bonds. The molecule has 3 fully saturated rings. The highest BCUT2D eigenvalue weighted by Gasteiger charge is 2.62. The number of carbonyl (C=O) groups is 3. The van der Waals surface area contributed by atoms with Crippen LogP contribution in [0.4, 0.5) is 0 Å². The maximum absolute atomic E-state index is 12.4. The van der Waals surface area contributed by atoms with E-state index in [1.165, 1.54) is 12.0 Å². The van der Waals surface area contributed by atoms with Crippen molar-refractivity contribution >= 4 is 17.8 Å². The fourth-order valence-electron chi connectivity index (χ4n) is 3.51. The van der Waals surface area contributed by atoms with Crippen LogP contribution in [0, 0.1) is 17.8 Å². The minimum absolute atomic E-state index is 0.0621. The molecule has 6 heteroatoms. The van der Waals surface area contributed by atoms with Crippen LogP contribution in [-0.2, 0) is 19.1 Å². The minimum atomic E-state index is -0.953. The number of rotatable bonds is 6. The number of amides is 2. The fraction of sp³-hybridized carbons (Fsp3) is 0.800. The van der Waals surface area contributed by atoms with E-state index in [9.17, 15) is 14.4 Å². The van der Waals surface area contributed by atoms with Gasteiger partial charge in [-0.15, -0.1) is 0 Å². The number of nitrogens with zero attached hydrogens (tertiary/aromatic N) is 1. The van der Waals surface area contributed by atoms with Gasteiger partial charge in [0.15, 0.2) is 0 Å².